The number of hydrogen-bond acceptors (Lipinski definition) is 5. The highest BCUT2D eigenvalue weighted by Crippen LogP contribution is 2.27. The lowest BCUT2D eigenvalue weighted by Gasteiger charge is -2.25. The van der Waals surface area contributed by atoms with E-state index in [9.17, 15) is 18.0 Å². The van der Waals surface area contributed by atoms with Crippen LogP contribution in [-0.2, 0) is 16.6 Å². The number of amides is 2. The first kappa shape index (κ1) is 21.5. The van der Waals surface area contributed by atoms with E-state index >= 15 is 0 Å². The van der Waals surface area contributed by atoms with Gasteiger partial charge in [0.25, 0.3) is 11.8 Å². The van der Waals surface area contributed by atoms with E-state index in [0.29, 0.717) is 25.2 Å². The van der Waals surface area contributed by atoms with Gasteiger partial charge in [-0.05, 0) is 48.9 Å². The van der Waals surface area contributed by atoms with Crippen LogP contribution in [0.25, 0.3) is 0 Å². The van der Waals surface area contributed by atoms with Crippen molar-refractivity contribution in [1.29, 1.82) is 0 Å². The van der Waals surface area contributed by atoms with Crippen LogP contribution in [0, 0.1) is 0 Å². The Morgan fingerprint density at radius 3 is 2.55 bits per heavy atom. The van der Waals surface area contributed by atoms with Gasteiger partial charge < -0.3 is 10.6 Å². The molecule has 0 unspecified atom stereocenters. The molecule has 0 spiro atoms. The predicted molar refractivity (Wildman–Crippen MR) is 113 cm³/mol. The highest BCUT2D eigenvalue weighted by molar-refractivity contribution is 7.89. The zero-order valence-electron chi connectivity index (χ0n) is 16.3. The van der Waals surface area contributed by atoms with E-state index in [0.717, 1.165) is 36.2 Å². The van der Waals surface area contributed by atoms with Crippen LogP contribution in [0.15, 0.2) is 40.6 Å². The van der Waals surface area contributed by atoms with Crippen LogP contribution in [0.1, 0.15) is 51.8 Å². The van der Waals surface area contributed by atoms with Gasteiger partial charge in [-0.1, -0.05) is 18.6 Å². The van der Waals surface area contributed by atoms with Crippen molar-refractivity contribution in [1.82, 2.24) is 14.9 Å². The fourth-order valence-electron chi connectivity index (χ4n) is 3.26. The summed E-state index contributed by atoms with van der Waals surface area (Å²) < 4.78 is 27.3. The maximum Gasteiger partial charge on any atom is 0.263 e. The summed E-state index contributed by atoms with van der Waals surface area (Å²) in [6, 6.07) is 8.48. The summed E-state index contributed by atoms with van der Waals surface area (Å²) in [6.07, 6.45) is 2.71. The largest absolute Gasteiger partial charge is 0.352 e. The zero-order chi connectivity index (χ0) is 20.9. The molecule has 1 saturated heterocycles. The van der Waals surface area contributed by atoms with Gasteiger partial charge in [-0.25, -0.2) is 8.42 Å². The fraction of sp³-hybridized carbons (Fsp3) is 0.400. The first-order chi connectivity index (χ1) is 13.9. The molecule has 0 radical (unpaired) electrons. The van der Waals surface area contributed by atoms with Crippen molar-refractivity contribution in [2.24, 2.45) is 0 Å². The summed E-state index contributed by atoms with van der Waals surface area (Å²) in [7, 11) is -3.67. The van der Waals surface area contributed by atoms with E-state index < -0.39 is 15.9 Å². The first-order valence-corrected chi connectivity index (χ1v) is 12.0. The van der Waals surface area contributed by atoms with Crippen LogP contribution in [0.5, 0.6) is 0 Å². The van der Waals surface area contributed by atoms with Crippen molar-refractivity contribution in [3.05, 3.63) is 51.7 Å². The van der Waals surface area contributed by atoms with E-state index in [-0.39, 0.29) is 22.2 Å². The Kier molecular flexibility index (Phi) is 7.05. The van der Waals surface area contributed by atoms with Gasteiger partial charge in [-0.15, -0.1) is 11.3 Å². The fourth-order valence-corrected chi connectivity index (χ4v) is 6.09. The first-order valence-electron chi connectivity index (χ1n) is 9.66. The number of piperidine rings is 1. The minimum atomic E-state index is -3.67. The van der Waals surface area contributed by atoms with Crippen molar-refractivity contribution < 1.29 is 18.0 Å². The molecule has 9 heteroatoms. The van der Waals surface area contributed by atoms with Crippen molar-refractivity contribution >= 4 is 33.2 Å². The molecular weight excluding hydrogens is 410 g/mol. The van der Waals surface area contributed by atoms with Gasteiger partial charge in [0.2, 0.25) is 10.0 Å². The van der Waals surface area contributed by atoms with Crippen LogP contribution in [-0.4, -0.2) is 44.2 Å². The summed E-state index contributed by atoms with van der Waals surface area (Å²) >= 11 is 1.12. The lowest BCUT2D eigenvalue weighted by atomic mass is 10.1. The minimum absolute atomic E-state index is 0.0676. The van der Waals surface area contributed by atoms with Crippen LogP contribution in [0.3, 0.4) is 0 Å². The summed E-state index contributed by atoms with van der Waals surface area (Å²) in [5, 5.41) is 7.13. The smallest absolute Gasteiger partial charge is 0.263 e. The quantitative estimate of drug-likeness (QED) is 0.699. The van der Waals surface area contributed by atoms with Gasteiger partial charge in [0.15, 0.2) is 0 Å². The lowest BCUT2D eigenvalue weighted by Crippen LogP contribution is -2.36. The lowest BCUT2D eigenvalue weighted by molar-refractivity contribution is 0.0947. The topological polar surface area (TPSA) is 95.6 Å². The van der Waals surface area contributed by atoms with Crippen LogP contribution in [0.4, 0.5) is 0 Å². The van der Waals surface area contributed by atoms with Gasteiger partial charge >= 0.3 is 0 Å². The maximum absolute atomic E-state index is 12.9. The average Bonchev–Trinajstić information content (AvgIpc) is 3.24. The molecule has 2 amide bonds. The number of carbonyl (C=O) groups excluding carboxylic acids is 2. The Labute approximate surface area is 175 Å². The van der Waals surface area contributed by atoms with E-state index in [1.54, 1.807) is 23.6 Å². The zero-order valence-corrected chi connectivity index (χ0v) is 17.9. The number of sulfonamides is 1. The molecule has 0 aliphatic carbocycles. The molecule has 1 fully saturated rings. The Balaban J connectivity index is 1.71. The standard InChI is InChI=1S/C20H25N3O4S2/c1-2-21-19(24)16-8-6-7-15(13-16)14-22-20(25)18-17(9-12-28-18)29(26,27)23-10-4-3-5-11-23/h6-9,12-13H,2-5,10-11,14H2,1H3,(H,21,24)(H,22,25). The summed E-state index contributed by atoms with van der Waals surface area (Å²) in [5.41, 5.74) is 1.28. The number of carbonyl (C=O) groups is 2. The van der Waals surface area contributed by atoms with E-state index in [1.807, 2.05) is 13.0 Å². The van der Waals surface area contributed by atoms with Gasteiger partial charge in [-0.3, -0.25) is 9.59 Å². The number of nitrogens with zero attached hydrogens (tertiary/aromatic N) is 1. The predicted octanol–water partition coefficient (Wildman–Crippen LogP) is 2.60. The molecule has 2 aromatic rings. The molecule has 7 nitrogen and oxygen atoms in total. The van der Waals surface area contributed by atoms with Crippen LogP contribution < -0.4 is 10.6 Å². The summed E-state index contributed by atoms with van der Waals surface area (Å²) in [6.45, 7) is 3.57. The molecule has 1 aromatic carbocycles. The van der Waals surface area contributed by atoms with Crippen molar-refractivity contribution in [3.63, 3.8) is 0 Å². The number of nitrogens with one attached hydrogen (secondary N) is 2. The number of benzene rings is 1. The third-order valence-electron chi connectivity index (χ3n) is 4.75. The summed E-state index contributed by atoms with van der Waals surface area (Å²) in [4.78, 5) is 24.9. The molecule has 2 heterocycles. The highest BCUT2D eigenvalue weighted by Gasteiger charge is 2.30. The van der Waals surface area contributed by atoms with Gasteiger partial charge in [0.1, 0.15) is 9.77 Å². The molecule has 3 rings (SSSR count). The second-order valence-corrected chi connectivity index (χ2v) is 9.64. The maximum atomic E-state index is 12.9. The Hall–Kier alpha value is -2.23. The van der Waals surface area contributed by atoms with E-state index in [1.165, 1.54) is 10.4 Å². The van der Waals surface area contributed by atoms with Crippen molar-refractivity contribution in [2.45, 2.75) is 37.6 Å². The summed E-state index contributed by atoms with van der Waals surface area (Å²) in [5.74, 6) is -0.604. The Morgan fingerprint density at radius 1 is 1.07 bits per heavy atom. The van der Waals surface area contributed by atoms with Crippen molar-refractivity contribution in [3.8, 4) is 0 Å². The SMILES string of the molecule is CCNC(=O)c1cccc(CNC(=O)c2sccc2S(=O)(=O)N2CCCCC2)c1. The average molecular weight is 436 g/mol. The number of hydrogen-bond donors (Lipinski definition) is 2. The molecule has 29 heavy (non-hydrogen) atoms. The third kappa shape index (κ3) is 5.04. The molecule has 156 valence electrons. The molecular formula is C20H25N3O4S2. The second kappa shape index (κ2) is 9.51. The molecule has 0 atom stereocenters. The van der Waals surface area contributed by atoms with Gasteiger partial charge in [-0.2, -0.15) is 4.31 Å². The molecule has 1 aromatic heterocycles. The van der Waals surface area contributed by atoms with Crippen molar-refractivity contribution in [2.75, 3.05) is 19.6 Å². The van der Waals surface area contributed by atoms with Gasteiger partial charge in [0, 0.05) is 31.7 Å². The molecule has 2 N–H and O–H groups in total. The van der Waals surface area contributed by atoms with E-state index in [2.05, 4.69) is 10.6 Å². The van der Waals surface area contributed by atoms with Crippen LogP contribution in [0.2, 0.25) is 0 Å². The second-order valence-electron chi connectivity index (χ2n) is 6.82. The third-order valence-corrected chi connectivity index (χ3v) is 7.73. The van der Waals surface area contributed by atoms with Crippen LogP contribution >= 0.6 is 11.3 Å². The van der Waals surface area contributed by atoms with E-state index in [4.69, 9.17) is 0 Å². The monoisotopic (exact) mass is 435 g/mol. The molecule has 0 saturated carbocycles. The Bertz CT molecular complexity index is 979. The molecule has 0 bridgehead atoms. The molecule has 1 aliphatic heterocycles. The van der Waals surface area contributed by atoms with Gasteiger partial charge in [0.05, 0.1) is 0 Å². The minimum Gasteiger partial charge on any atom is -0.352 e. The number of thiophene rings is 1. The molecule has 1 aliphatic rings. The highest BCUT2D eigenvalue weighted by atomic mass is 32.2. The Morgan fingerprint density at radius 2 is 1.83 bits per heavy atom. The number of rotatable bonds is 7. The normalized spacial score (nSPS) is 15.1.